The molecule has 0 fully saturated rings. The van der Waals surface area contributed by atoms with Crippen LogP contribution in [0.3, 0.4) is 0 Å². The van der Waals surface area contributed by atoms with Crippen LogP contribution < -0.4 is 5.32 Å². The third-order valence-electron chi connectivity index (χ3n) is 2.57. The van der Waals surface area contributed by atoms with Crippen molar-refractivity contribution in [2.75, 3.05) is 11.1 Å². The molecule has 0 saturated carbocycles. The molecule has 1 amide bonds. The Bertz CT molecular complexity index is 686. The van der Waals surface area contributed by atoms with Gasteiger partial charge in [0.2, 0.25) is 11.7 Å². The van der Waals surface area contributed by atoms with E-state index in [2.05, 4.69) is 15.5 Å². The van der Waals surface area contributed by atoms with Crippen molar-refractivity contribution >= 4 is 23.4 Å². The molecule has 1 N–H and O–H groups in total. The van der Waals surface area contributed by atoms with E-state index in [1.54, 1.807) is 6.07 Å². The van der Waals surface area contributed by atoms with Gasteiger partial charge in [-0.25, -0.2) is 4.39 Å². The molecule has 2 aromatic rings. The zero-order chi connectivity index (χ0) is 16.3. The van der Waals surface area contributed by atoms with E-state index in [-0.39, 0.29) is 16.6 Å². The minimum absolute atomic E-state index is 0.00189. The first kappa shape index (κ1) is 16.3. The fourth-order valence-electron chi connectivity index (χ4n) is 1.57. The molecular formula is C12H10F4N4OS. The number of nitrogens with zero attached hydrogens (tertiary/aromatic N) is 3. The molecule has 5 nitrogen and oxygen atoms in total. The van der Waals surface area contributed by atoms with Crippen LogP contribution in [0.25, 0.3) is 0 Å². The van der Waals surface area contributed by atoms with Crippen molar-refractivity contribution in [3.8, 4) is 0 Å². The summed E-state index contributed by atoms with van der Waals surface area (Å²) < 4.78 is 51.7. The van der Waals surface area contributed by atoms with Gasteiger partial charge >= 0.3 is 6.18 Å². The number of para-hydroxylation sites is 1. The Kier molecular flexibility index (Phi) is 4.69. The van der Waals surface area contributed by atoms with E-state index in [1.165, 1.54) is 18.2 Å². The number of nitrogens with one attached hydrogen (secondary N) is 1. The van der Waals surface area contributed by atoms with Crippen molar-refractivity contribution in [3.63, 3.8) is 0 Å². The number of halogens is 4. The predicted molar refractivity (Wildman–Crippen MR) is 71.8 cm³/mol. The van der Waals surface area contributed by atoms with E-state index in [9.17, 15) is 22.4 Å². The van der Waals surface area contributed by atoms with Crippen LogP contribution in [0.1, 0.15) is 5.82 Å². The lowest BCUT2D eigenvalue weighted by atomic mass is 10.3. The fraction of sp³-hybridized carbons (Fsp3) is 0.250. The standard InChI is InChI=1S/C12H10F4N4OS/c1-20-10(12(14,15)16)18-19-11(20)22-6-9(21)17-8-5-3-2-4-7(8)13/h2-5H,6H2,1H3,(H,17,21). The summed E-state index contributed by atoms with van der Waals surface area (Å²) in [6.45, 7) is 0. The van der Waals surface area contributed by atoms with Crippen molar-refractivity contribution in [2.45, 2.75) is 11.3 Å². The van der Waals surface area contributed by atoms with Crippen LogP contribution in [0.5, 0.6) is 0 Å². The third kappa shape index (κ3) is 3.75. The molecule has 10 heteroatoms. The summed E-state index contributed by atoms with van der Waals surface area (Å²) in [6.07, 6.45) is -4.62. The zero-order valence-electron chi connectivity index (χ0n) is 11.2. The largest absolute Gasteiger partial charge is 0.451 e. The highest BCUT2D eigenvalue weighted by Gasteiger charge is 2.37. The van der Waals surface area contributed by atoms with Gasteiger partial charge in [0.05, 0.1) is 11.4 Å². The summed E-state index contributed by atoms with van der Waals surface area (Å²) in [5.41, 5.74) is 0.00189. The Hall–Kier alpha value is -2.10. The number of aromatic nitrogens is 3. The summed E-state index contributed by atoms with van der Waals surface area (Å²) in [4.78, 5) is 11.7. The number of alkyl halides is 3. The number of rotatable bonds is 4. The van der Waals surface area contributed by atoms with E-state index in [4.69, 9.17) is 0 Å². The second-order valence-corrected chi connectivity index (χ2v) is 5.12. The summed E-state index contributed by atoms with van der Waals surface area (Å²) in [7, 11) is 1.15. The first-order valence-corrected chi connectivity index (χ1v) is 6.91. The molecule has 0 spiro atoms. The zero-order valence-corrected chi connectivity index (χ0v) is 12.0. The van der Waals surface area contributed by atoms with Gasteiger partial charge in [0.1, 0.15) is 5.82 Å². The SMILES string of the molecule is Cn1c(SCC(=O)Nc2ccccc2F)nnc1C(F)(F)F. The van der Waals surface area contributed by atoms with Gasteiger partial charge in [-0.15, -0.1) is 10.2 Å². The van der Waals surface area contributed by atoms with Gasteiger partial charge in [-0.3, -0.25) is 4.79 Å². The Labute approximate surface area is 126 Å². The van der Waals surface area contributed by atoms with Gasteiger partial charge in [-0.2, -0.15) is 13.2 Å². The molecule has 0 bridgehead atoms. The second kappa shape index (κ2) is 6.34. The van der Waals surface area contributed by atoms with E-state index in [1.807, 2.05) is 0 Å². The highest BCUT2D eigenvalue weighted by Crippen LogP contribution is 2.29. The molecule has 0 radical (unpaired) electrons. The fourth-order valence-corrected chi connectivity index (χ4v) is 2.28. The Morgan fingerprint density at radius 3 is 2.59 bits per heavy atom. The molecule has 2 rings (SSSR count). The summed E-state index contributed by atoms with van der Waals surface area (Å²) in [5, 5.41) is 8.68. The van der Waals surface area contributed by atoms with Crippen LogP contribution in [-0.4, -0.2) is 26.4 Å². The van der Waals surface area contributed by atoms with Crippen LogP contribution in [0.15, 0.2) is 29.4 Å². The molecule has 22 heavy (non-hydrogen) atoms. The van der Waals surface area contributed by atoms with E-state index in [0.29, 0.717) is 0 Å². The van der Waals surface area contributed by atoms with Crippen LogP contribution in [-0.2, 0) is 18.0 Å². The first-order chi connectivity index (χ1) is 10.3. The molecule has 1 aromatic carbocycles. The van der Waals surface area contributed by atoms with Gasteiger partial charge < -0.3 is 9.88 Å². The van der Waals surface area contributed by atoms with Crippen molar-refractivity contribution < 1.29 is 22.4 Å². The molecule has 0 aliphatic rings. The van der Waals surface area contributed by atoms with Crippen LogP contribution >= 0.6 is 11.8 Å². The molecule has 0 atom stereocenters. The number of thioether (sulfide) groups is 1. The quantitative estimate of drug-likeness (QED) is 0.690. The highest BCUT2D eigenvalue weighted by molar-refractivity contribution is 7.99. The van der Waals surface area contributed by atoms with Crippen LogP contribution in [0, 0.1) is 5.82 Å². The van der Waals surface area contributed by atoms with Crippen LogP contribution in [0.2, 0.25) is 0 Å². The number of benzene rings is 1. The van der Waals surface area contributed by atoms with Crippen molar-refractivity contribution in [1.29, 1.82) is 0 Å². The second-order valence-electron chi connectivity index (χ2n) is 4.18. The van der Waals surface area contributed by atoms with Gasteiger partial charge in [0.15, 0.2) is 5.16 Å². The topological polar surface area (TPSA) is 59.8 Å². The monoisotopic (exact) mass is 334 g/mol. The molecular weight excluding hydrogens is 324 g/mol. The Balaban J connectivity index is 1.98. The minimum Gasteiger partial charge on any atom is -0.323 e. The average molecular weight is 334 g/mol. The number of carbonyl (C=O) groups excluding carboxylic acids is 1. The number of hydrogen-bond acceptors (Lipinski definition) is 4. The summed E-state index contributed by atoms with van der Waals surface area (Å²) in [6, 6.07) is 5.57. The Morgan fingerprint density at radius 2 is 2.00 bits per heavy atom. The molecule has 1 aromatic heterocycles. The molecule has 0 saturated heterocycles. The Morgan fingerprint density at radius 1 is 1.32 bits per heavy atom. The maximum absolute atomic E-state index is 13.3. The minimum atomic E-state index is -4.62. The molecule has 1 heterocycles. The van der Waals surface area contributed by atoms with Gasteiger partial charge in [0.25, 0.3) is 0 Å². The van der Waals surface area contributed by atoms with Crippen molar-refractivity contribution in [2.24, 2.45) is 7.05 Å². The normalized spacial score (nSPS) is 11.5. The highest BCUT2D eigenvalue weighted by atomic mass is 32.2. The first-order valence-electron chi connectivity index (χ1n) is 5.93. The number of carbonyl (C=O) groups is 1. The van der Waals surface area contributed by atoms with Gasteiger partial charge in [-0.1, -0.05) is 23.9 Å². The number of amides is 1. The smallest absolute Gasteiger partial charge is 0.323 e. The molecule has 118 valence electrons. The number of anilines is 1. The maximum Gasteiger partial charge on any atom is 0.451 e. The van der Waals surface area contributed by atoms with Gasteiger partial charge in [-0.05, 0) is 12.1 Å². The van der Waals surface area contributed by atoms with Crippen molar-refractivity contribution in [1.82, 2.24) is 14.8 Å². The summed E-state index contributed by atoms with van der Waals surface area (Å²) in [5.74, 6) is -2.53. The lowest BCUT2D eigenvalue weighted by Gasteiger charge is -2.07. The van der Waals surface area contributed by atoms with E-state index in [0.717, 1.165) is 23.4 Å². The van der Waals surface area contributed by atoms with E-state index < -0.39 is 23.7 Å². The van der Waals surface area contributed by atoms with Crippen LogP contribution in [0.4, 0.5) is 23.2 Å². The number of hydrogen-bond donors (Lipinski definition) is 1. The summed E-state index contributed by atoms with van der Waals surface area (Å²) >= 11 is 0.772. The average Bonchev–Trinajstić information content (AvgIpc) is 2.80. The van der Waals surface area contributed by atoms with Gasteiger partial charge in [0, 0.05) is 7.05 Å². The predicted octanol–water partition coefficient (Wildman–Crippen LogP) is 2.70. The molecule has 0 aliphatic carbocycles. The lowest BCUT2D eigenvalue weighted by molar-refractivity contribution is -0.147. The third-order valence-corrected chi connectivity index (χ3v) is 3.59. The maximum atomic E-state index is 13.3. The lowest BCUT2D eigenvalue weighted by Crippen LogP contribution is -2.16. The molecule has 0 unspecified atom stereocenters. The molecule has 0 aliphatic heterocycles. The van der Waals surface area contributed by atoms with Crippen molar-refractivity contribution in [3.05, 3.63) is 35.9 Å². The van der Waals surface area contributed by atoms with E-state index >= 15 is 0 Å².